The van der Waals surface area contributed by atoms with Crippen molar-refractivity contribution >= 4 is 17.2 Å². The van der Waals surface area contributed by atoms with E-state index in [-0.39, 0.29) is 5.91 Å². The highest BCUT2D eigenvalue weighted by molar-refractivity contribution is 7.12. The Morgan fingerprint density at radius 1 is 1.31 bits per heavy atom. The number of piperidine rings is 1. The molecule has 2 aliphatic rings. The van der Waals surface area contributed by atoms with E-state index >= 15 is 0 Å². The first kappa shape index (κ1) is 17.6. The number of pyridine rings is 1. The summed E-state index contributed by atoms with van der Waals surface area (Å²) in [5.41, 5.74) is 2.35. The van der Waals surface area contributed by atoms with Gasteiger partial charge in [0.25, 0.3) is 5.91 Å². The number of aryl methyl sites for hydroxylation is 1. The molecule has 1 amide bonds. The number of carbonyl (C=O) groups is 1. The van der Waals surface area contributed by atoms with Crippen LogP contribution in [0.5, 0.6) is 0 Å². The standard InChI is InChI=1S/C20H25N3O2S/c1-15-5-11-26-19(15)20(24)23-8-4-17-14-25-10-9-22(18(17)13-23)12-16-2-6-21-7-3-16/h2-3,5-7,11,17-18H,4,8-10,12-14H2,1H3/t17-,18-/m1/s1. The van der Waals surface area contributed by atoms with Crippen molar-refractivity contribution in [2.45, 2.75) is 25.9 Å². The van der Waals surface area contributed by atoms with Gasteiger partial charge in [0.15, 0.2) is 0 Å². The summed E-state index contributed by atoms with van der Waals surface area (Å²) in [5, 5.41) is 2.00. The fourth-order valence-electron chi connectivity index (χ4n) is 4.01. The molecule has 4 heterocycles. The van der Waals surface area contributed by atoms with Crippen molar-refractivity contribution < 1.29 is 9.53 Å². The van der Waals surface area contributed by atoms with Crippen LogP contribution in [0.2, 0.25) is 0 Å². The summed E-state index contributed by atoms with van der Waals surface area (Å²) in [4.78, 5) is 22.5. The number of carbonyl (C=O) groups excluding carboxylic acids is 1. The van der Waals surface area contributed by atoms with Gasteiger partial charge in [-0.05, 0) is 48.1 Å². The summed E-state index contributed by atoms with van der Waals surface area (Å²) >= 11 is 1.55. The third-order valence-electron chi connectivity index (χ3n) is 5.52. The zero-order valence-corrected chi connectivity index (χ0v) is 16.0. The Labute approximate surface area is 158 Å². The van der Waals surface area contributed by atoms with E-state index in [9.17, 15) is 4.79 Å². The number of ether oxygens (including phenoxy) is 1. The van der Waals surface area contributed by atoms with Crippen molar-refractivity contribution in [1.82, 2.24) is 14.8 Å². The molecule has 2 aromatic heterocycles. The van der Waals surface area contributed by atoms with Crippen LogP contribution in [0, 0.1) is 12.8 Å². The fourth-order valence-corrected chi connectivity index (χ4v) is 4.90. The van der Waals surface area contributed by atoms with Gasteiger partial charge in [-0.2, -0.15) is 0 Å². The maximum Gasteiger partial charge on any atom is 0.264 e. The number of hydrogen-bond acceptors (Lipinski definition) is 5. The van der Waals surface area contributed by atoms with E-state index in [0.717, 1.165) is 56.3 Å². The average Bonchev–Trinajstić information content (AvgIpc) is 3.00. The minimum Gasteiger partial charge on any atom is -0.380 e. The Morgan fingerprint density at radius 2 is 2.15 bits per heavy atom. The highest BCUT2D eigenvalue weighted by atomic mass is 32.1. The second-order valence-corrected chi connectivity index (χ2v) is 8.12. The van der Waals surface area contributed by atoms with E-state index < -0.39 is 0 Å². The Kier molecular flexibility index (Phi) is 5.33. The zero-order chi connectivity index (χ0) is 17.9. The largest absolute Gasteiger partial charge is 0.380 e. The summed E-state index contributed by atoms with van der Waals surface area (Å²) in [6, 6.07) is 6.52. The quantitative estimate of drug-likeness (QED) is 0.832. The molecule has 0 spiro atoms. The third-order valence-corrected chi connectivity index (χ3v) is 6.53. The summed E-state index contributed by atoms with van der Waals surface area (Å²) in [6.45, 7) is 6.98. The molecule has 0 N–H and O–H groups in total. The first-order chi connectivity index (χ1) is 12.7. The summed E-state index contributed by atoms with van der Waals surface area (Å²) in [6.07, 6.45) is 4.70. The molecule has 26 heavy (non-hydrogen) atoms. The number of fused-ring (bicyclic) bond motifs is 1. The predicted octanol–water partition coefficient (Wildman–Crippen LogP) is 2.81. The van der Waals surface area contributed by atoms with Gasteiger partial charge in [0.1, 0.15) is 0 Å². The molecule has 2 aromatic rings. The number of likely N-dealkylation sites (tertiary alicyclic amines) is 1. The van der Waals surface area contributed by atoms with Gasteiger partial charge >= 0.3 is 0 Å². The van der Waals surface area contributed by atoms with Crippen LogP contribution in [-0.2, 0) is 11.3 Å². The number of aromatic nitrogens is 1. The molecule has 6 heteroatoms. The van der Waals surface area contributed by atoms with Gasteiger partial charge in [-0.25, -0.2) is 0 Å². The maximum absolute atomic E-state index is 13.0. The van der Waals surface area contributed by atoms with E-state index in [1.807, 2.05) is 35.7 Å². The molecule has 4 rings (SSSR count). The Hall–Kier alpha value is -1.76. The van der Waals surface area contributed by atoms with Crippen molar-refractivity contribution in [2.24, 2.45) is 5.92 Å². The maximum atomic E-state index is 13.0. The van der Waals surface area contributed by atoms with E-state index in [4.69, 9.17) is 4.74 Å². The van der Waals surface area contributed by atoms with E-state index in [2.05, 4.69) is 22.0 Å². The topological polar surface area (TPSA) is 45.7 Å². The third kappa shape index (κ3) is 3.68. The van der Waals surface area contributed by atoms with Crippen molar-refractivity contribution in [3.63, 3.8) is 0 Å². The number of rotatable bonds is 3. The summed E-state index contributed by atoms with van der Waals surface area (Å²) in [7, 11) is 0. The predicted molar refractivity (Wildman–Crippen MR) is 102 cm³/mol. The molecule has 0 aromatic carbocycles. The lowest BCUT2D eigenvalue weighted by molar-refractivity contribution is 0.0373. The van der Waals surface area contributed by atoms with Crippen molar-refractivity contribution in [1.29, 1.82) is 0 Å². The van der Waals surface area contributed by atoms with Crippen LogP contribution < -0.4 is 0 Å². The summed E-state index contributed by atoms with van der Waals surface area (Å²) < 4.78 is 5.86. The lowest BCUT2D eigenvalue weighted by atomic mass is 9.90. The van der Waals surface area contributed by atoms with Crippen LogP contribution in [0.4, 0.5) is 0 Å². The number of amides is 1. The molecule has 0 bridgehead atoms. The molecule has 0 radical (unpaired) electrons. The molecule has 2 fully saturated rings. The minimum absolute atomic E-state index is 0.185. The highest BCUT2D eigenvalue weighted by Gasteiger charge is 2.37. The lowest BCUT2D eigenvalue weighted by Gasteiger charge is -2.42. The SMILES string of the molecule is Cc1ccsc1C(=O)N1CC[C@@H]2COCCN(Cc3ccncc3)[C@@H]2C1. The molecule has 0 unspecified atom stereocenters. The van der Waals surface area contributed by atoms with Gasteiger partial charge in [0.05, 0.1) is 18.1 Å². The second-order valence-electron chi connectivity index (χ2n) is 7.20. The first-order valence-electron chi connectivity index (χ1n) is 9.26. The van der Waals surface area contributed by atoms with Crippen LogP contribution in [0.3, 0.4) is 0 Å². The van der Waals surface area contributed by atoms with Gasteiger partial charge in [-0.1, -0.05) is 0 Å². The minimum atomic E-state index is 0.185. The van der Waals surface area contributed by atoms with Gasteiger partial charge in [0, 0.05) is 50.5 Å². The van der Waals surface area contributed by atoms with Crippen molar-refractivity contribution in [3.05, 3.63) is 52.0 Å². The average molecular weight is 372 g/mol. The monoisotopic (exact) mass is 371 g/mol. The van der Waals surface area contributed by atoms with E-state index in [1.54, 1.807) is 11.3 Å². The zero-order valence-electron chi connectivity index (χ0n) is 15.1. The molecule has 2 aliphatic heterocycles. The van der Waals surface area contributed by atoms with E-state index in [1.165, 1.54) is 5.56 Å². The molecule has 0 aliphatic carbocycles. The number of hydrogen-bond donors (Lipinski definition) is 0. The van der Waals surface area contributed by atoms with Crippen LogP contribution in [0.1, 0.15) is 27.2 Å². The Balaban J connectivity index is 1.52. The lowest BCUT2D eigenvalue weighted by Crippen LogP contribution is -2.54. The Morgan fingerprint density at radius 3 is 2.92 bits per heavy atom. The molecular formula is C20H25N3O2S. The molecule has 138 valence electrons. The van der Waals surface area contributed by atoms with E-state index in [0.29, 0.717) is 12.0 Å². The molecule has 5 nitrogen and oxygen atoms in total. The van der Waals surface area contributed by atoms with Crippen molar-refractivity contribution in [3.8, 4) is 0 Å². The molecule has 2 atom stereocenters. The molecule has 2 saturated heterocycles. The second kappa shape index (κ2) is 7.86. The Bertz CT molecular complexity index is 749. The van der Waals surface area contributed by atoms with Crippen LogP contribution in [-0.4, -0.2) is 59.6 Å². The fraction of sp³-hybridized carbons (Fsp3) is 0.500. The summed E-state index contributed by atoms with van der Waals surface area (Å²) in [5.74, 6) is 0.679. The highest BCUT2D eigenvalue weighted by Crippen LogP contribution is 2.28. The number of nitrogens with zero attached hydrogens (tertiary/aromatic N) is 3. The normalized spacial score (nSPS) is 24.1. The van der Waals surface area contributed by atoms with Crippen LogP contribution in [0.25, 0.3) is 0 Å². The van der Waals surface area contributed by atoms with Gasteiger partial charge in [0.2, 0.25) is 0 Å². The van der Waals surface area contributed by atoms with Gasteiger partial charge in [-0.15, -0.1) is 11.3 Å². The van der Waals surface area contributed by atoms with Crippen LogP contribution in [0.15, 0.2) is 36.0 Å². The van der Waals surface area contributed by atoms with Crippen LogP contribution >= 0.6 is 11.3 Å². The van der Waals surface area contributed by atoms with Gasteiger partial charge < -0.3 is 9.64 Å². The van der Waals surface area contributed by atoms with Crippen molar-refractivity contribution in [2.75, 3.05) is 32.8 Å². The molecule has 0 saturated carbocycles. The smallest absolute Gasteiger partial charge is 0.264 e. The number of thiophene rings is 1. The van der Waals surface area contributed by atoms with Gasteiger partial charge in [-0.3, -0.25) is 14.7 Å². The first-order valence-corrected chi connectivity index (χ1v) is 10.1. The molecular weight excluding hydrogens is 346 g/mol.